The molecule has 23 heavy (non-hydrogen) atoms. The second-order valence-corrected chi connectivity index (χ2v) is 6.85. The fraction of sp³-hybridized carbons (Fsp3) is 0.412. The maximum atomic E-state index is 11.9. The van der Waals surface area contributed by atoms with Crippen molar-refractivity contribution in [1.29, 1.82) is 0 Å². The highest BCUT2D eigenvalue weighted by atomic mass is 79.9. The molecule has 1 aliphatic carbocycles. The van der Waals surface area contributed by atoms with Crippen LogP contribution in [0.3, 0.4) is 0 Å². The molecular weight excluding hydrogens is 362 g/mol. The van der Waals surface area contributed by atoms with Gasteiger partial charge < -0.3 is 9.84 Å². The average Bonchev–Trinajstić information content (AvgIpc) is 3.06. The number of amides is 1. The standard InChI is InChI=1S/C17H18BrNO4/c1-23-16(20)15-9-13-11(5-6-14(13)19(15)17(21)22)7-10-3-2-4-12(18)8-10/h2-4,8,11,15H,5-7,9H2,1H3,(H,21,22). The highest BCUT2D eigenvalue weighted by Crippen LogP contribution is 2.45. The summed E-state index contributed by atoms with van der Waals surface area (Å²) in [6, 6.07) is 7.41. The predicted octanol–water partition coefficient (Wildman–Crippen LogP) is 3.58. The number of carbonyl (C=O) groups is 2. The van der Waals surface area contributed by atoms with Crippen molar-refractivity contribution in [2.45, 2.75) is 31.7 Å². The van der Waals surface area contributed by atoms with Gasteiger partial charge in [-0.15, -0.1) is 0 Å². The lowest BCUT2D eigenvalue weighted by molar-refractivity contribution is -0.145. The number of benzene rings is 1. The molecule has 2 aliphatic rings. The molecule has 5 nitrogen and oxygen atoms in total. The number of carbonyl (C=O) groups excluding carboxylic acids is 1. The largest absolute Gasteiger partial charge is 0.467 e. The van der Waals surface area contributed by atoms with Gasteiger partial charge in [-0.25, -0.2) is 9.59 Å². The van der Waals surface area contributed by atoms with Crippen LogP contribution < -0.4 is 0 Å². The Kier molecular flexibility index (Phi) is 4.43. The first-order valence-electron chi connectivity index (χ1n) is 7.57. The minimum atomic E-state index is -1.08. The van der Waals surface area contributed by atoms with Gasteiger partial charge in [-0.1, -0.05) is 28.1 Å². The SMILES string of the molecule is COC(=O)C1CC2=C(CCC2Cc2cccc(Br)c2)N1C(=O)O. The maximum Gasteiger partial charge on any atom is 0.412 e. The van der Waals surface area contributed by atoms with E-state index in [1.165, 1.54) is 17.6 Å². The van der Waals surface area contributed by atoms with Crippen molar-refractivity contribution in [2.75, 3.05) is 7.11 Å². The van der Waals surface area contributed by atoms with Gasteiger partial charge in [0.1, 0.15) is 6.04 Å². The lowest BCUT2D eigenvalue weighted by Gasteiger charge is -2.23. The van der Waals surface area contributed by atoms with E-state index in [-0.39, 0.29) is 5.92 Å². The van der Waals surface area contributed by atoms with Gasteiger partial charge in [0, 0.05) is 16.6 Å². The van der Waals surface area contributed by atoms with Crippen LogP contribution in [0.4, 0.5) is 4.79 Å². The summed E-state index contributed by atoms with van der Waals surface area (Å²) in [5.41, 5.74) is 3.11. The van der Waals surface area contributed by atoms with Gasteiger partial charge in [0.15, 0.2) is 0 Å². The molecule has 1 aliphatic heterocycles. The molecule has 3 rings (SSSR count). The molecule has 0 bridgehead atoms. The number of rotatable bonds is 3. The zero-order valence-electron chi connectivity index (χ0n) is 12.8. The van der Waals surface area contributed by atoms with Crippen LogP contribution >= 0.6 is 15.9 Å². The first-order chi connectivity index (χ1) is 11.0. The molecule has 122 valence electrons. The van der Waals surface area contributed by atoms with Gasteiger partial charge >= 0.3 is 12.1 Å². The Labute approximate surface area is 143 Å². The highest BCUT2D eigenvalue weighted by molar-refractivity contribution is 9.10. The number of esters is 1. The maximum absolute atomic E-state index is 11.9. The van der Waals surface area contributed by atoms with Crippen molar-refractivity contribution in [3.8, 4) is 0 Å². The minimum absolute atomic E-state index is 0.288. The van der Waals surface area contributed by atoms with Crippen LogP contribution in [-0.4, -0.2) is 35.2 Å². The first-order valence-corrected chi connectivity index (χ1v) is 8.37. The van der Waals surface area contributed by atoms with Crippen molar-refractivity contribution < 1.29 is 19.4 Å². The highest BCUT2D eigenvalue weighted by Gasteiger charge is 2.45. The molecule has 1 N–H and O–H groups in total. The number of hydrogen-bond donors (Lipinski definition) is 1. The van der Waals surface area contributed by atoms with Crippen LogP contribution in [0, 0.1) is 5.92 Å². The van der Waals surface area contributed by atoms with E-state index in [4.69, 9.17) is 4.74 Å². The second kappa shape index (κ2) is 6.35. The fourth-order valence-electron chi connectivity index (χ4n) is 3.68. The molecule has 6 heteroatoms. The fourth-order valence-corrected chi connectivity index (χ4v) is 4.12. The Bertz CT molecular complexity index is 685. The number of likely N-dealkylation sites (tertiary alicyclic amines) is 1. The van der Waals surface area contributed by atoms with Crippen LogP contribution in [0.15, 0.2) is 40.0 Å². The Hall–Kier alpha value is -1.82. The van der Waals surface area contributed by atoms with Gasteiger partial charge in [-0.3, -0.25) is 4.90 Å². The van der Waals surface area contributed by atoms with E-state index >= 15 is 0 Å². The van der Waals surface area contributed by atoms with Crippen molar-refractivity contribution >= 4 is 28.0 Å². The zero-order valence-corrected chi connectivity index (χ0v) is 14.4. The number of hydrogen-bond acceptors (Lipinski definition) is 3. The summed E-state index contributed by atoms with van der Waals surface area (Å²) >= 11 is 3.48. The van der Waals surface area contributed by atoms with Gasteiger partial charge in [0.2, 0.25) is 0 Å². The smallest absolute Gasteiger partial charge is 0.412 e. The number of allylic oxidation sites excluding steroid dienone is 1. The Morgan fingerprint density at radius 1 is 1.43 bits per heavy atom. The van der Waals surface area contributed by atoms with Gasteiger partial charge in [-0.2, -0.15) is 0 Å². The molecule has 0 aromatic heterocycles. The Morgan fingerprint density at radius 2 is 2.22 bits per heavy atom. The van der Waals surface area contributed by atoms with Gasteiger partial charge in [0.05, 0.1) is 7.11 Å². The molecule has 2 atom stereocenters. The van der Waals surface area contributed by atoms with E-state index in [0.717, 1.165) is 28.6 Å². The average molecular weight is 380 g/mol. The van der Waals surface area contributed by atoms with Crippen LogP contribution in [-0.2, 0) is 16.0 Å². The van der Waals surface area contributed by atoms with Crippen molar-refractivity contribution in [3.05, 3.63) is 45.6 Å². The topological polar surface area (TPSA) is 66.8 Å². The number of nitrogens with zero attached hydrogens (tertiary/aromatic N) is 1. The molecule has 0 radical (unpaired) electrons. The summed E-state index contributed by atoms with van der Waals surface area (Å²) in [6.07, 6.45) is 1.86. The minimum Gasteiger partial charge on any atom is -0.467 e. The Balaban J connectivity index is 1.83. The Morgan fingerprint density at radius 3 is 2.87 bits per heavy atom. The third-order valence-electron chi connectivity index (χ3n) is 4.66. The molecule has 0 spiro atoms. The lowest BCUT2D eigenvalue weighted by atomic mass is 9.90. The molecule has 1 heterocycles. The number of methoxy groups -OCH3 is 1. The molecule has 1 aromatic rings. The molecule has 0 fully saturated rings. The van der Waals surface area contributed by atoms with E-state index in [1.54, 1.807) is 0 Å². The van der Waals surface area contributed by atoms with E-state index < -0.39 is 18.1 Å². The molecule has 1 aromatic carbocycles. The van der Waals surface area contributed by atoms with Crippen molar-refractivity contribution in [1.82, 2.24) is 4.90 Å². The third kappa shape index (κ3) is 3.00. The number of carboxylic acid groups (broad SMARTS) is 1. The van der Waals surface area contributed by atoms with Gasteiger partial charge in [0.25, 0.3) is 0 Å². The van der Waals surface area contributed by atoms with Crippen LogP contribution in [0.2, 0.25) is 0 Å². The summed E-state index contributed by atoms with van der Waals surface area (Å²) in [5.74, 6) is -0.196. The summed E-state index contributed by atoms with van der Waals surface area (Å²) in [4.78, 5) is 24.7. The lowest BCUT2D eigenvalue weighted by Crippen LogP contribution is -2.40. The van der Waals surface area contributed by atoms with E-state index in [0.29, 0.717) is 12.8 Å². The summed E-state index contributed by atoms with van der Waals surface area (Å²) in [6.45, 7) is 0. The molecule has 0 saturated carbocycles. The molecule has 1 amide bonds. The van der Waals surface area contributed by atoms with Crippen LogP contribution in [0.1, 0.15) is 24.8 Å². The van der Waals surface area contributed by atoms with E-state index in [1.807, 2.05) is 12.1 Å². The van der Waals surface area contributed by atoms with Crippen LogP contribution in [0.5, 0.6) is 0 Å². The summed E-state index contributed by atoms with van der Waals surface area (Å²) in [5, 5.41) is 9.47. The van der Waals surface area contributed by atoms with Crippen LogP contribution in [0.25, 0.3) is 0 Å². The first kappa shape index (κ1) is 16.1. The van der Waals surface area contributed by atoms with Crippen molar-refractivity contribution in [3.63, 3.8) is 0 Å². The van der Waals surface area contributed by atoms with E-state index in [9.17, 15) is 14.7 Å². The molecule has 2 unspecified atom stereocenters. The number of halogens is 1. The molecular formula is C17H18BrNO4. The predicted molar refractivity (Wildman–Crippen MR) is 87.9 cm³/mol. The zero-order chi connectivity index (χ0) is 16.6. The summed E-state index contributed by atoms with van der Waals surface area (Å²) < 4.78 is 5.81. The molecule has 0 saturated heterocycles. The monoisotopic (exact) mass is 379 g/mol. The summed E-state index contributed by atoms with van der Waals surface area (Å²) in [7, 11) is 1.30. The van der Waals surface area contributed by atoms with E-state index in [2.05, 4.69) is 28.1 Å². The number of ether oxygens (including phenoxy) is 1. The normalized spacial score (nSPS) is 23.1. The van der Waals surface area contributed by atoms with Gasteiger partial charge in [-0.05, 0) is 48.4 Å². The van der Waals surface area contributed by atoms with Crippen molar-refractivity contribution in [2.24, 2.45) is 5.92 Å². The third-order valence-corrected chi connectivity index (χ3v) is 5.15. The second-order valence-electron chi connectivity index (χ2n) is 5.94. The quantitative estimate of drug-likeness (QED) is 0.814.